The summed E-state index contributed by atoms with van der Waals surface area (Å²) in [5.74, 6) is 0.847. The zero-order valence-corrected chi connectivity index (χ0v) is 19.2. The van der Waals surface area contributed by atoms with Crippen LogP contribution in [0.3, 0.4) is 0 Å². The van der Waals surface area contributed by atoms with E-state index in [1.54, 1.807) is 30.6 Å². The van der Waals surface area contributed by atoms with Gasteiger partial charge in [-0.15, -0.1) is 0 Å². The van der Waals surface area contributed by atoms with Gasteiger partial charge in [-0.2, -0.15) is 5.10 Å². The van der Waals surface area contributed by atoms with Gasteiger partial charge < -0.3 is 15.4 Å². The number of ether oxygens (including phenoxy) is 1. The predicted octanol–water partition coefficient (Wildman–Crippen LogP) is 4.12. The second-order valence-electron chi connectivity index (χ2n) is 7.91. The molecular formula is C23H23Cl2N5O3. The Hall–Kier alpha value is -3.10. The summed E-state index contributed by atoms with van der Waals surface area (Å²) < 4.78 is 5.46. The third-order valence-electron chi connectivity index (χ3n) is 5.42. The van der Waals surface area contributed by atoms with Crippen molar-refractivity contribution in [2.24, 2.45) is 0 Å². The Morgan fingerprint density at radius 2 is 2.00 bits per heavy atom. The van der Waals surface area contributed by atoms with E-state index in [0.717, 1.165) is 24.1 Å². The van der Waals surface area contributed by atoms with Crippen LogP contribution in [0.4, 0.5) is 5.82 Å². The third kappa shape index (κ3) is 6.46. The summed E-state index contributed by atoms with van der Waals surface area (Å²) in [5.41, 5.74) is 1.95. The van der Waals surface area contributed by atoms with Gasteiger partial charge in [0.1, 0.15) is 5.75 Å². The number of amides is 2. The van der Waals surface area contributed by atoms with Crippen molar-refractivity contribution in [1.29, 1.82) is 0 Å². The molecule has 10 heteroatoms. The highest BCUT2D eigenvalue weighted by molar-refractivity contribution is 6.35. The molecule has 3 aromatic rings. The van der Waals surface area contributed by atoms with E-state index >= 15 is 0 Å². The molecule has 1 aromatic carbocycles. The summed E-state index contributed by atoms with van der Waals surface area (Å²) in [6, 6.07) is 10.5. The number of aryl methyl sites for hydroxylation is 1. The molecule has 0 radical (unpaired) electrons. The molecule has 2 aromatic heterocycles. The van der Waals surface area contributed by atoms with Gasteiger partial charge in [-0.3, -0.25) is 19.7 Å². The first-order valence-corrected chi connectivity index (χ1v) is 11.3. The van der Waals surface area contributed by atoms with E-state index in [-0.39, 0.29) is 30.4 Å². The van der Waals surface area contributed by atoms with Crippen molar-refractivity contribution in [2.75, 3.05) is 11.9 Å². The van der Waals surface area contributed by atoms with Crippen molar-refractivity contribution in [3.8, 4) is 5.75 Å². The first-order valence-electron chi connectivity index (χ1n) is 10.6. The van der Waals surface area contributed by atoms with E-state index in [0.29, 0.717) is 34.5 Å². The highest BCUT2D eigenvalue weighted by Gasteiger charge is 2.32. The fourth-order valence-corrected chi connectivity index (χ4v) is 4.08. The van der Waals surface area contributed by atoms with Crippen molar-refractivity contribution in [3.05, 3.63) is 70.1 Å². The van der Waals surface area contributed by atoms with Gasteiger partial charge in [0.05, 0.1) is 5.02 Å². The highest BCUT2D eigenvalue weighted by Crippen LogP contribution is 2.36. The number of benzene rings is 1. The topological polar surface area (TPSA) is 109 Å². The van der Waals surface area contributed by atoms with Gasteiger partial charge in [0.25, 0.3) is 5.91 Å². The number of hydrogen-bond donors (Lipinski definition) is 3. The standard InChI is InChI=1S/C23H23Cl2N5O3/c24-16-4-5-20(18(25)10-16)33-13-23(32)27-17-8-15(9-17)19-11-21(30-29-19)28-22(31)6-3-14-2-1-7-26-12-14/h1-2,4-5,7,10-12,15,17H,3,6,8-9,13H2,(H,27,32)(H2,28,29,30,31). The van der Waals surface area contributed by atoms with Crippen molar-refractivity contribution in [3.63, 3.8) is 0 Å². The number of anilines is 1. The molecule has 0 bridgehead atoms. The zero-order chi connectivity index (χ0) is 23.2. The number of carbonyl (C=O) groups excluding carboxylic acids is 2. The number of pyridine rings is 1. The molecule has 33 heavy (non-hydrogen) atoms. The molecule has 3 N–H and O–H groups in total. The van der Waals surface area contributed by atoms with E-state index in [4.69, 9.17) is 27.9 Å². The molecule has 0 spiro atoms. The van der Waals surface area contributed by atoms with Crippen molar-refractivity contribution in [2.45, 2.75) is 37.6 Å². The first-order chi connectivity index (χ1) is 16.0. The maximum absolute atomic E-state index is 12.2. The minimum absolute atomic E-state index is 0.0626. The van der Waals surface area contributed by atoms with Crippen LogP contribution in [0.1, 0.15) is 36.4 Å². The zero-order valence-electron chi connectivity index (χ0n) is 17.7. The summed E-state index contributed by atoms with van der Waals surface area (Å²) in [7, 11) is 0. The molecule has 1 aliphatic rings. The molecule has 0 atom stereocenters. The molecule has 1 saturated carbocycles. The smallest absolute Gasteiger partial charge is 0.258 e. The number of halogens is 2. The van der Waals surface area contributed by atoms with E-state index in [9.17, 15) is 9.59 Å². The molecule has 4 rings (SSSR count). The van der Waals surface area contributed by atoms with Crippen LogP contribution in [0.5, 0.6) is 5.75 Å². The molecule has 0 saturated heterocycles. The SMILES string of the molecule is O=C(CCc1cccnc1)Nc1cc(C2CC(NC(=O)COc3ccc(Cl)cc3Cl)C2)[nH]n1. The summed E-state index contributed by atoms with van der Waals surface area (Å²) in [5, 5.41) is 13.8. The minimum Gasteiger partial charge on any atom is -0.482 e. The lowest BCUT2D eigenvalue weighted by Crippen LogP contribution is -2.45. The van der Waals surface area contributed by atoms with Crippen LogP contribution in [-0.2, 0) is 16.0 Å². The Bertz CT molecular complexity index is 1120. The largest absolute Gasteiger partial charge is 0.482 e. The Morgan fingerprint density at radius 3 is 2.76 bits per heavy atom. The van der Waals surface area contributed by atoms with E-state index in [2.05, 4.69) is 25.8 Å². The maximum Gasteiger partial charge on any atom is 0.258 e. The van der Waals surface area contributed by atoms with E-state index in [1.807, 2.05) is 18.2 Å². The molecule has 1 aliphatic carbocycles. The summed E-state index contributed by atoms with van der Waals surface area (Å²) >= 11 is 11.9. The molecule has 172 valence electrons. The lowest BCUT2D eigenvalue weighted by Gasteiger charge is -2.35. The molecule has 8 nitrogen and oxygen atoms in total. The Morgan fingerprint density at radius 1 is 1.15 bits per heavy atom. The average molecular weight is 488 g/mol. The van der Waals surface area contributed by atoms with Gasteiger partial charge in [-0.1, -0.05) is 29.3 Å². The Kier molecular flexibility index (Phi) is 7.47. The number of H-pyrrole nitrogens is 1. The lowest BCUT2D eigenvalue weighted by atomic mass is 9.78. The van der Waals surface area contributed by atoms with E-state index in [1.165, 1.54) is 0 Å². The van der Waals surface area contributed by atoms with Crippen LogP contribution in [0.25, 0.3) is 0 Å². The van der Waals surface area contributed by atoms with Gasteiger partial charge in [0.2, 0.25) is 5.91 Å². The van der Waals surface area contributed by atoms with Crippen LogP contribution >= 0.6 is 23.2 Å². The molecule has 0 unspecified atom stereocenters. The van der Waals surface area contributed by atoms with Crippen molar-refractivity contribution in [1.82, 2.24) is 20.5 Å². The summed E-state index contributed by atoms with van der Waals surface area (Å²) in [4.78, 5) is 28.4. The predicted molar refractivity (Wildman–Crippen MR) is 126 cm³/mol. The second-order valence-corrected chi connectivity index (χ2v) is 8.76. The molecule has 2 heterocycles. The molecule has 1 fully saturated rings. The normalized spacial score (nSPS) is 17.2. The average Bonchev–Trinajstić information content (AvgIpc) is 3.22. The molecule has 0 aliphatic heterocycles. The minimum atomic E-state index is -0.212. The third-order valence-corrected chi connectivity index (χ3v) is 5.95. The fourth-order valence-electron chi connectivity index (χ4n) is 3.61. The van der Waals surface area contributed by atoms with Crippen molar-refractivity contribution >= 4 is 40.8 Å². The number of carbonyl (C=O) groups is 2. The number of nitrogens with one attached hydrogen (secondary N) is 3. The second kappa shape index (κ2) is 10.7. The molecular weight excluding hydrogens is 465 g/mol. The summed E-state index contributed by atoms with van der Waals surface area (Å²) in [6.07, 6.45) is 6.00. The first kappa shape index (κ1) is 23.1. The lowest BCUT2D eigenvalue weighted by molar-refractivity contribution is -0.124. The van der Waals surface area contributed by atoms with Crippen LogP contribution < -0.4 is 15.4 Å². The Balaban J connectivity index is 1.16. The van der Waals surface area contributed by atoms with Gasteiger partial charge in [-0.05, 0) is 49.1 Å². The fraction of sp³-hybridized carbons (Fsp3) is 0.304. The Labute approximate surface area is 201 Å². The van der Waals surface area contributed by atoms with Gasteiger partial charge in [0, 0.05) is 47.6 Å². The van der Waals surface area contributed by atoms with Crippen LogP contribution in [0.2, 0.25) is 10.0 Å². The van der Waals surface area contributed by atoms with Crippen molar-refractivity contribution < 1.29 is 14.3 Å². The van der Waals surface area contributed by atoms with Crippen LogP contribution in [0, 0.1) is 0 Å². The molecule has 2 amide bonds. The van der Waals surface area contributed by atoms with Gasteiger partial charge in [0.15, 0.2) is 12.4 Å². The number of aromatic nitrogens is 3. The number of nitrogens with zero attached hydrogens (tertiary/aromatic N) is 2. The monoisotopic (exact) mass is 487 g/mol. The van der Waals surface area contributed by atoms with Crippen LogP contribution in [0.15, 0.2) is 48.8 Å². The van der Waals surface area contributed by atoms with E-state index < -0.39 is 0 Å². The maximum atomic E-state index is 12.2. The number of aromatic amines is 1. The van der Waals surface area contributed by atoms with Gasteiger partial charge in [-0.25, -0.2) is 0 Å². The van der Waals surface area contributed by atoms with Gasteiger partial charge >= 0.3 is 0 Å². The highest BCUT2D eigenvalue weighted by atomic mass is 35.5. The number of rotatable bonds is 9. The quantitative estimate of drug-likeness (QED) is 0.420. The number of hydrogen-bond acceptors (Lipinski definition) is 5. The summed E-state index contributed by atoms with van der Waals surface area (Å²) in [6.45, 7) is -0.123. The van der Waals surface area contributed by atoms with Crippen LogP contribution in [-0.4, -0.2) is 39.6 Å².